The average molecular weight is 274 g/mol. The van der Waals surface area contributed by atoms with Crippen molar-refractivity contribution in [1.82, 2.24) is 0 Å². The molecule has 6 atom stereocenters. The summed E-state index contributed by atoms with van der Waals surface area (Å²) in [5, 5.41) is 0. The van der Waals surface area contributed by atoms with Crippen molar-refractivity contribution in [3.63, 3.8) is 0 Å². The van der Waals surface area contributed by atoms with Crippen molar-refractivity contribution in [1.29, 1.82) is 0 Å². The van der Waals surface area contributed by atoms with Crippen LogP contribution in [0.1, 0.15) is 90.9 Å². The number of hydrogen-bond donors (Lipinski definition) is 0. The van der Waals surface area contributed by atoms with E-state index in [-0.39, 0.29) is 0 Å². The van der Waals surface area contributed by atoms with Gasteiger partial charge in [0.05, 0.1) is 0 Å². The van der Waals surface area contributed by atoms with E-state index >= 15 is 0 Å². The van der Waals surface area contributed by atoms with Crippen LogP contribution in [-0.4, -0.2) is 0 Å². The molecular formula is C20H34. The maximum Gasteiger partial charge on any atom is -0.0266 e. The maximum atomic E-state index is 2.71. The van der Waals surface area contributed by atoms with Gasteiger partial charge in [0.25, 0.3) is 0 Å². The van der Waals surface area contributed by atoms with Crippen LogP contribution in [0.5, 0.6) is 0 Å². The molecule has 0 amide bonds. The fraction of sp³-hybridized carbons (Fsp3) is 1.00. The first kappa shape index (κ1) is 13.6. The third-order valence-corrected chi connectivity index (χ3v) is 8.81. The lowest BCUT2D eigenvalue weighted by Crippen LogP contribution is -2.52. The average Bonchev–Trinajstić information content (AvgIpc) is 2.91. The highest BCUT2D eigenvalue weighted by Crippen LogP contribution is 2.66. The van der Waals surface area contributed by atoms with E-state index in [1.807, 2.05) is 0 Å². The fourth-order valence-corrected chi connectivity index (χ4v) is 7.70. The van der Waals surface area contributed by atoms with Crippen LogP contribution in [0.3, 0.4) is 0 Å². The van der Waals surface area contributed by atoms with E-state index in [1.54, 1.807) is 57.8 Å². The molecule has 4 saturated carbocycles. The number of fused-ring (bicyclic) bond motifs is 5. The van der Waals surface area contributed by atoms with Crippen LogP contribution >= 0.6 is 0 Å². The monoisotopic (exact) mass is 274 g/mol. The minimum Gasteiger partial charge on any atom is -0.0648 e. The Morgan fingerprint density at radius 1 is 0.800 bits per heavy atom. The zero-order chi connectivity index (χ0) is 13.8. The minimum atomic E-state index is 0.740. The molecule has 0 aromatic rings. The first-order chi connectivity index (χ1) is 9.70. The van der Waals surface area contributed by atoms with Crippen LogP contribution < -0.4 is 0 Å². The second-order valence-corrected chi connectivity index (χ2v) is 9.05. The van der Waals surface area contributed by atoms with Gasteiger partial charge in [-0.1, -0.05) is 39.5 Å². The normalized spacial score (nSPS) is 54.9. The summed E-state index contributed by atoms with van der Waals surface area (Å²) >= 11 is 0. The Balaban J connectivity index is 1.64. The zero-order valence-corrected chi connectivity index (χ0v) is 13.8. The standard InChI is InChI=1S/C20H34/c1-3-20-13-6-8-18(20)16-10-9-15-7-4-5-12-19(15,2)17(16)11-14-20/h15-18H,3-14H2,1-2H3/t15?,16-,17-,18+,19-,20+/m1/s1. The topological polar surface area (TPSA) is 0 Å². The molecule has 4 aliphatic carbocycles. The summed E-state index contributed by atoms with van der Waals surface area (Å²) in [6, 6.07) is 0. The van der Waals surface area contributed by atoms with Gasteiger partial charge in [-0.2, -0.15) is 0 Å². The van der Waals surface area contributed by atoms with Crippen molar-refractivity contribution >= 4 is 0 Å². The summed E-state index contributed by atoms with van der Waals surface area (Å²) in [5.41, 5.74) is 1.53. The highest BCUT2D eigenvalue weighted by Gasteiger charge is 2.57. The molecule has 0 N–H and O–H groups in total. The molecular weight excluding hydrogens is 240 g/mol. The first-order valence-electron chi connectivity index (χ1n) is 9.70. The van der Waals surface area contributed by atoms with Crippen molar-refractivity contribution in [3.8, 4) is 0 Å². The van der Waals surface area contributed by atoms with Gasteiger partial charge in [0, 0.05) is 0 Å². The van der Waals surface area contributed by atoms with Crippen molar-refractivity contribution < 1.29 is 0 Å². The summed E-state index contributed by atoms with van der Waals surface area (Å²) in [7, 11) is 0. The predicted octanol–water partition coefficient (Wildman–Crippen LogP) is 6.20. The van der Waals surface area contributed by atoms with Crippen molar-refractivity contribution in [2.24, 2.45) is 34.5 Å². The predicted molar refractivity (Wildman–Crippen MR) is 85.6 cm³/mol. The van der Waals surface area contributed by atoms with E-state index in [4.69, 9.17) is 0 Å². The molecule has 0 aromatic carbocycles. The van der Waals surface area contributed by atoms with Crippen molar-refractivity contribution in [2.45, 2.75) is 90.9 Å². The van der Waals surface area contributed by atoms with Crippen LogP contribution in [0.4, 0.5) is 0 Å². The molecule has 114 valence electrons. The van der Waals surface area contributed by atoms with Gasteiger partial charge >= 0.3 is 0 Å². The number of rotatable bonds is 1. The SMILES string of the molecule is CC[C@@]12CCC[C@H]1[C@@H]1CCC3CCCC[C@@]3(C)[C@@H]1CC2. The van der Waals surface area contributed by atoms with Gasteiger partial charge in [-0.15, -0.1) is 0 Å². The minimum absolute atomic E-state index is 0.740. The van der Waals surface area contributed by atoms with Gasteiger partial charge in [0.15, 0.2) is 0 Å². The van der Waals surface area contributed by atoms with E-state index in [1.165, 1.54) is 19.3 Å². The molecule has 4 fully saturated rings. The highest BCUT2D eigenvalue weighted by molar-refractivity contribution is 5.07. The van der Waals surface area contributed by atoms with Crippen molar-refractivity contribution in [2.75, 3.05) is 0 Å². The smallest absolute Gasteiger partial charge is 0.0266 e. The molecule has 1 unspecified atom stereocenters. The summed E-state index contributed by atoms with van der Waals surface area (Å²) < 4.78 is 0. The molecule has 0 heteroatoms. The Hall–Kier alpha value is 0. The van der Waals surface area contributed by atoms with Crippen LogP contribution in [0, 0.1) is 34.5 Å². The summed E-state index contributed by atoms with van der Waals surface area (Å²) in [5.74, 6) is 4.42. The van der Waals surface area contributed by atoms with E-state index in [9.17, 15) is 0 Å². The van der Waals surface area contributed by atoms with Crippen LogP contribution in [-0.2, 0) is 0 Å². The lowest BCUT2D eigenvalue weighted by molar-refractivity contribution is -0.108. The molecule has 4 aliphatic rings. The molecule has 0 radical (unpaired) electrons. The molecule has 0 spiro atoms. The Labute approximate surface area is 126 Å². The molecule has 0 aromatic heterocycles. The number of hydrogen-bond acceptors (Lipinski definition) is 0. The van der Waals surface area contributed by atoms with Gasteiger partial charge in [0.1, 0.15) is 0 Å². The molecule has 0 bridgehead atoms. The van der Waals surface area contributed by atoms with Crippen LogP contribution in [0.25, 0.3) is 0 Å². The Morgan fingerprint density at radius 2 is 1.70 bits per heavy atom. The summed E-state index contributed by atoms with van der Waals surface area (Å²) in [4.78, 5) is 0. The molecule has 0 heterocycles. The highest BCUT2D eigenvalue weighted by atomic mass is 14.6. The third-order valence-electron chi connectivity index (χ3n) is 8.81. The van der Waals surface area contributed by atoms with Crippen LogP contribution in [0.15, 0.2) is 0 Å². The molecule has 0 nitrogen and oxygen atoms in total. The molecule has 0 aliphatic heterocycles. The molecule has 0 saturated heterocycles. The quantitative estimate of drug-likeness (QED) is 0.534. The summed E-state index contributed by atoms with van der Waals surface area (Å²) in [6.45, 7) is 5.20. The fourth-order valence-electron chi connectivity index (χ4n) is 7.70. The summed E-state index contributed by atoms with van der Waals surface area (Å²) in [6.07, 6.45) is 18.7. The lowest BCUT2D eigenvalue weighted by atomic mass is 9.45. The third kappa shape index (κ3) is 1.72. The second kappa shape index (κ2) is 4.75. The van der Waals surface area contributed by atoms with E-state index in [2.05, 4.69) is 13.8 Å². The zero-order valence-electron chi connectivity index (χ0n) is 13.8. The second-order valence-electron chi connectivity index (χ2n) is 9.05. The molecule has 20 heavy (non-hydrogen) atoms. The van der Waals surface area contributed by atoms with E-state index < -0.39 is 0 Å². The largest absolute Gasteiger partial charge is 0.0648 e. The Morgan fingerprint density at radius 3 is 2.55 bits per heavy atom. The Bertz CT molecular complexity index is 372. The van der Waals surface area contributed by atoms with E-state index in [0.29, 0.717) is 0 Å². The molecule has 4 rings (SSSR count). The van der Waals surface area contributed by atoms with Gasteiger partial charge in [-0.3, -0.25) is 0 Å². The first-order valence-corrected chi connectivity index (χ1v) is 9.70. The van der Waals surface area contributed by atoms with Gasteiger partial charge in [0.2, 0.25) is 0 Å². The van der Waals surface area contributed by atoms with Gasteiger partial charge < -0.3 is 0 Å². The van der Waals surface area contributed by atoms with Gasteiger partial charge in [-0.05, 0) is 85.9 Å². The maximum absolute atomic E-state index is 2.71. The van der Waals surface area contributed by atoms with Gasteiger partial charge in [-0.25, -0.2) is 0 Å². The van der Waals surface area contributed by atoms with E-state index in [0.717, 1.165) is 34.5 Å². The van der Waals surface area contributed by atoms with Crippen molar-refractivity contribution in [3.05, 3.63) is 0 Å². The lowest BCUT2D eigenvalue weighted by Gasteiger charge is -2.60. The van der Waals surface area contributed by atoms with Crippen LogP contribution in [0.2, 0.25) is 0 Å². The Kier molecular flexibility index (Phi) is 3.24.